The predicted molar refractivity (Wildman–Crippen MR) is 51.7 cm³/mol. The summed E-state index contributed by atoms with van der Waals surface area (Å²) in [6.45, 7) is 0. The first-order valence-electron chi connectivity index (χ1n) is 4.07. The van der Waals surface area contributed by atoms with Crippen molar-refractivity contribution in [2.75, 3.05) is 18.6 Å². The minimum atomic E-state index is 0.551. The quantitative estimate of drug-likeness (QED) is 0.640. The summed E-state index contributed by atoms with van der Waals surface area (Å²) < 4.78 is 0. The normalized spacial score (nSPS) is 26.4. The van der Waals surface area contributed by atoms with Crippen molar-refractivity contribution in [2.24, 2.45) is 5.92 Å². The average Bonchev–Trinajstić information content (AvgIpc) is 2.52. The number of terminal acetylenes is 1. The topological polar surface area (TPSA) is 12.0 Å². The lowest BCUT2D eigenvalue weighted by Crippen LogP contribution is -2.33. The van der Waals surface area contributed by atoms with Gasteiger partial charge in [0, 0.05) is 12.5 Å². The van der Waals surface area contributed by atoms with Crippen LogP contribution in [0.3, 0.4) is 0 Å². The van der Waals surface area contributed by atoms with Gasteiger partial charge in [-0.2, -0.15) is 11.8 Å². The molecule has 1 aliphatic rings. The Bertz CT molecular complexity index is 144. The molecule has 1 N–H and O–H groups in total. The lowest BCUT2D eigenvalue weighted by atomic mass is 9.97. The van der Waals surface area contributed by atoms with Gasteiger partial charge in [-0.15, -0.1) is 12.3 Å². The Morgan fingerprint density at radius 2 is 2.64 bits per heavy atom. The molecule has 0 spiro atoms. The van der Waals surface area contributed by atoms with Crippen molar-refractivity contribution < 1.29 is 0 Å². The molecule has 62 valence electrons. The summed E-state index contributed by atoms with van der Waals surface area (Å²) in [5, 5.41) is 3.29. The fraction of sp³-hybridized carbons (Fsp3) is 0.778. The van der Waals surface area contributed by atoms with Crippen LogP contribution in [0.15, 0.2) is 0 Å². The van der Waals surface area contributed by atoms with Gasteiger partial charge in [-0.3, -0.25) is 0 Å². The Morgan fingerprint density at radius 1 is 1.82 bits per heavy atom. The van der Waals surface area contributed by atoms with E-state index in [9.17, 15) is 0 Å². The maximum atomic E-state index is 5.28. The summed E-state index contributed by atoms with van der Waals surface area (Å²) in [5.74, 6) is 6.13. The van der Waals surface area contributed by atoms with Gasteiger partial charge in [-0.05, 0) is 30.9 Å². The van der Waals surface area contributed by atoms with Crippen LogP contribution in [0.25, 0.3) is 0 Å². The molecule has 11 heavy (non-hydrogen) atoms. The molecule has 1 saturated heterocycles. The molecule has 0 aliphatic carbocycles. The Labute approximate surface area is 73.3 Å². The highest BCUT2D eigenvalue weighted by molar-refractivity contribution is 7.99. The van der Waals surface area contributed by atoms with E-state index in [1.165, 1.54) is 17.9 Å². The van der Waals surface area contributed by atoms with E-state index in [4.69, 9.17) is 6.42 Å². The Hall–Kier alpha value is -0.130. The summed E-state index contributed by atoms with van der Waals surface area (Å²) in [7, 11) is 2.00. The molecule has 0 aromatic carbocycles. The largest absolute Gasteiger partial charge is 0.316 e. The third-order valence-electron chi connectivity index (χ3n) is 2.24. The Morgan fingerprint density at radius 3 is 3.09 bits per heavy atom. The number of thioether (sulfide) groups is 1. The number of rotatable bonds is 3. The molecular formula is C9H15NS. The maximum absolute atomic E-state index is 5.28. The van der Waals surface area contributed by atoms with Crippen molar-refractivity contribution in [1.29, 1.82) is 0 Å². The summed E-state index contributed by atoms with van der Waals surface area (Å²) in [5.41, 5.74) is 0. The Balaban J connectivity index is 2.34. The molecule has 2 atom stereocenters. The third kappa shape index (κ3) is 2.43. The minimum Gasteiger partial charge on any atom is -0.316 e. The van der Waals surface area contributed by atoms with Gasteiger partial charge in [-0.1, -0.05) is 0 Å². The van der Waals surface area contributed by atoms with Crippen LogP contribution < -0.4 is 5.32 Å². The molecule has 0 amide bonds. The summed E-state index contributed by atoms with van der Waals surface area (Å²) >= 11 is 2.04. The molecule has 0 bridgehead atoms. The van der Waals surface area contributed by atoms with Gasteiger partial charge in [0.25, 0.3) is 0 Å². The zero-order valence-corrected chi connectivity index (χ0v) is 7.79. The number of nitrogens with one attached hydrogen (secondary N) is 1. The second-order valence-corrected chi connectivity index (χ2v) is 4.08. The molecule has 2 heteroatoms. The Kier molecular flexibility index (Phi) is 3.82. The first-order valence-corrected chi connectivity index (χ1v) is 5.22. The molecule has 2 unspecified atom stereocenters. The molecule has 0 saturated carbocycles. The first kappa shape index (κ1) is 8.96. The van der Waals surface area contributed by atoms with Crippen molar-refractivity contribution >= 4 is 11.8 Å². The van der Waals surface area contributed by atoms with Gasteiger partial charge in [0.15, 0.2) is 0 Å². The lowest BCUT2D eigenvalue weighted by Gasteiger charge is -2.19. The van der Waals surface area contributed by atoms with E-state index in [1.807, 2.05) is 18.8 Å². The van der Waals surface area contributed by atoms with Crippen LogP contribution in [0, 0.1) is 18.3 Å². The number of hydrogen-bond acceptors (Lipinski definition) is 2. The van der Waals surface area contributed by atoms with Crippen molar-refractivity contribution in [3.05, 3.63) is 0 Å². The van der Waals surface area contributed by atoms with E-state index in [2.05, 4.69) is 11.2 Å². The minimum absolute atomic E-state index is 0.551. The fourth-order valence-electron chi connectivity index (χ4n) is 1.50. The van der Waals surface area contributed by atoms with Crippen LogP contribution in [-0.4, -0.2) is 24.6 Å². The van der Waals surface area contributed by atoms with E-state index < -0.39 is 0 Å². The van der Waals surface area contributed by atoms with Crippen LogP contribution >= 0.6 is 11.8 Å². The van der Waals surface area contributed by atoms with E-state index in [0.717, 1.165) is 12.3 Å². The smallest absolute Gasteiger partial charge is 0.0243 e. The van der Waals surface area contributed by atoms with Crippen molar-refractivity contribution in [3.63, 3.8) is 0 Å². The van der Waals surface area contributed by atoms with Crippen molar-refractivity contribution in [3.8, 4) is 12.3 Å². The molecule has 1 rings (SSSR count). The molecule has 1 fully saturated rings. The third-order valence-corrected chi connectivity index (χ3v) is 3.43. The molecule has 1 aliphatic heterocycles. The van der Waals surface area contributed by atoms with E-state index in [-0.39, 0.29) is 0 Å². The van der Waals surface area contributed by atoms with Gasteiger partial charge >= 0.3 is 0 Å². The van der Waals surface area contributed by atoms with Crippen LogP contribution in [0.2, 0.25) is 0 Å². The molecule has 1 heterocycles. The highest BCUT2D eigenvalue weighted by Crippen LogP contribution is 2.27. The lowest BCUT2D eigenvalue weighted by molar-refractivity contribution is 0.413. The summed E-state index contributed by atoms with van der Waals surface area (Å²) in [4.78, 5) is 0. The van der Waals surface area contributed by atoms with E-state index >= 15 is 0 Å². The average molecular weight is 169 g/mol. The molecule has 0 radical (unpaired) electrons. The number of hydrogen-bond donors (Lipinski definition) is 1. The van der Waals surface area contributed by atoms with Crippen molar-refractivity contribution in [2.45, 2.75) is 18.9 Å². The zero-order valence-electron chi connectivity index (χ0n) is 6.97. The monoisotopic (exact) mass is 169 g/mol. The van der Waals surface area contributed by atoms with Crippen molar-refractivity contribution in [1.82, 2.24) is 5.32 Å². The predicted octanol–water partition coefficient (Wildman–Crippen LogP) is 1.35. The van der Waals surface area contributed by atoms with Gasteiger partial charge < -0.3 is 5.32 Å². The molecular weight excluding hydrogens is 154 g/mol. The first-order chi connectivity index (χ1) is 5.38. The van der Waals surface area contributed by atoms with Gasteiger partial charge in [-0.25, -0.2) is 0 Å². The van der Waals surface area contributed by atoms with E-state index in [1.54, 1.807) is 0 Å². The summed E-state index contributed by atoms with van der Waals surface area (Å²) in [6, 6.07) is 0.551. The van der Waals surface area contributed by atoms with Gasteiger partial charge in [0.05, 0.1) is 0 Å². The second-order valence-electron chi connectivity index (χ2n) is 2.93. The van der Waals surface area contributed by atoms with Gasteiger partial charge in [0.2, 0.25) is 0 Å². The summed E-state index contributed by atoms with van der Waals surface area (Å²) in [6.07, 6.45) is 7.48. The highest BCUT2D eigenvalue weighted by Gasteiger charge is 2.22. The SMILES string of the molecule is C#CCC(NC)C1CCSC1. The zero-order chi connectivity index (χ0) is 8.10. The molecule has 0 aromatic heterocycles. The van der Waals surface area contributed by atoms with Crippen LogP contribution in [-0.2, 0) is 0 Å². The molecule has 1 nitrogen and oxygen atoms in total. The molecule has 0 aromatic rings. The van der Waals surface area contributed by atoms with Crippen LogP contribution in [0.4, 0.5) is 0 Å². The van der Waals surface area contributed by atoms with Gasteiger partial charge in [0.1, 0.15) is 0 Å². The highest BCUT2D eigenvalue weighted by atomic mass is 32.2. The second kappa shape index (κ2) is 4.69. The maximum Gasteiger partial charge on any atom is 0.0243 e. The fourth-order valence-corrected chi connectivity index (χ4v) is 2.84. The van der Waals surface area contributed by atoms with Crippen LogP contribution in [0.1, 0.15) is 12.8 Å². The standard InChI is InChI=1S/C9H15NS/c1-3-4-9(10-2)8-5-6-11-7-8/h1,8-10H,4-7H2,2H3. The van der Waals surface area contributed by atoms with E-state index in [0.29, 0.717) is 6.04 Å². The van der Waals surface area contributed by atoms with Crippen LogP contribution in [0.5, 0.6) is 0 Å².